The Morgan fingerprint density at radius 2 is 1.90 bits per heavy atom. The molecule has 1 aromatic rings. The maximum absolute atomic E-state index is 13.8. The van der Waals surface area contributed by atoms with Gasteiger partial charge in [-0.3, -0.25) is 14.4 Å². The van der Waals surface area contributed by atoms with Crippen molar-refractivity contribution in [3.05, 3.63) is 29.6 Å². The molecule has 0 radical (unpaired) electrons. The van der Waals surface area contributed by atoms with Crippen LogP contribution in [0.1, 0.15) is 42.5 Å². The van der Waals surface area contributed by atoms with E-state index in [1.54, 1.807) is 0 Å². The molecule has 3 aliphatic rings. The van der Waals surface area contributed by atoms with Crippen molar-refractivity contribution in [3.63, 3.8) is 0 Å². The van der Waals surface area contributed by atoms with Crippen LogP contribution in [0, 0.1) is 5.82 Å². The van der Waals surface area contributed by atoms with Gasteiger partial charge in [0.05, 0.1) is 11.3 Å². The lowest BCUT2D eigenvalue weighted by atomic mass is 10.1. The molecule has 3 amide bonds. The van der Waals surface area contributed by atoms with Crippen LogP contribution in [-0.4, -0.2) is 72.8 Å². The van der Waals surface area contributed by atoms with E-state index in [1.807, 2.05) is 0 Å². The molecule has 1 aromatic carbocycles. The number of fused-ring (bicyclic) bond motifs is 2. The highest BCUT2D eigenvalue weighted by molar-refractivity contribution is 6.12. The second-order valence-electron chi connectivity index (χ2n) is 7.99. The van der Waals surface area contributed by atoms with E-state index in [-0.39, 0.29) is 29.8 Å². The fourth-order valence-corrected chi connectivity index (χ4v) is 4.53. The largest absolute Gasteiger partial charge is 0.353 e. The summed E-state index contributed by atoms with van der Waals surface area (Å²) in [6.45, 7) is 3.72. The molecule has 0 aliphatic carbocycles. The van der Waals surface area contributed by atoms with Gasteiger partial charge in [0.25, 0.3) is 5.91 Å². The Labute approximate surface area is 169 Å². The molecule has 1 N–H and O–H groups in total. The molecule has 3 heterocycles. The topological polar surface area (TPSA) is 73.0 Å². The van der Waals surface area contributed by atoms with Crippen LogP contribution in [0.5, 0.6) is 0 Å². The first kappa shape index (κ1) is 19.8. The molecule has 8 heteroatoms. The number of hydrogen-bond acceptors (Lipinski definition) is 4. The van der Waals surface area contributed by atoms with Gasteiger partial charge in [0.1, 0.15) is 18.4 Å². The molecular weight excluding hydrogens is 375 g/mol. The maximum atomic E-state index is 13.8. The minimum absolute atomic E-state index is 0.142. The number of carbonyl (C=O) groups is 3. The number of nitrogens with zero attached hydrogens (tertiary/aromatic N) is 3. The molecule has 4 rings (SSSR count). The Hall–Kier alpha value is -2.48. The summed E-state index contributed by atoms with van der Waals surface area (Å²) in [7, 11) is 0. The van der Waals surface area contributed by atoms with Gasteiger partial charge in [-0.1, -0.05) is 6.42 Å². The summed E-state index contributed by atoms with van der Waals surface area (Å²) in [5, 5.41) is 2.88. The van der Waals surface area contributed by atoms with Crippen LogP contribution in [0.15, 0.2) is 18.2 Å². The smallest absolute Gasteiger partial charge is 0.256 e. The van der Waals surface area contributed by atoms with Crippen LogP contribution < -0.4 is 10.2 Å². The van der Waals surface area contributed by atoms with E-state index in [4.69, 9.17) is 0 Å². The number of piperidine rings is 1. The molecule has 0 bridgehead atoms. The van der Waals surface area contributed by atoms with Crippen molar-refractivity contribution >= 4 is 23.4 Å². The zero-order valence-corrected chi connectivity index (χ0v) is 16.5. The highest BCUT2D eigenvalue weighted by Crippen LogP contribution is 2.32. The molecule has 7 nitrogen and oxygen atoms in total. The number of hydrogen-bond donors (Lipinski definition) is 1. The van der Waals surface area contributed by atoms with E-state index >= 15 is 0 Å². The lowest BCUT2D eigenvalue weighted by molar-refractivity contribution is -0.125. The van der Waals surface area contributed by atoms with E-state index in [2.05, 4.69) is 10.2 Å². The Morgan fingerprint density at radius 3 is 2.69 bits per heavy atom. The summed E-state index contributed by atoms with van der Waals surface area (Å²) in [6, 6.07) is 3.22. The molecule has 156 valence electrons. The monoisotopic (exact) mass is 402 g/mol. The molecular formula is C21H27FN4O3. The average molecular weight is 402 g/mol. The lowest BCUT2D eigenvalue weighted by Gasteiger charge is -2.27. The molecule has 3 aliphatic heterocycles. The van der Waals surface area contributed by atoms with Crippen LogP contribution in [0.4, 0.5) is 10.1 Å². The second-order valence-corrected chi connectivity index (χ2v) is 7.99. The van der Waals surface area contributed by atoms with Crippen LogP contribution in [-0.2, 0) is 9.59 Å². The number of likely N-dealkylation sites (tertiary alicyclic amines) is 1. The number of halogens is 1. The minimum atomic E-state index is -0.584. The second kappa shape index (κ2) is 8.49. The highest BCUT2D eigenvalue weighted by Gasteiger charge is 2.42. The van der Waals surface area contributed by atoms with Gasteiger partial charge in [0.15, 0.2) is 0 Å². The number of rotatable bonds is 5. The number of benzene rings is 1. The number of nitrogens with one attached hydrogen (secondary N) is 1. The van der Waals surface area contributed by atoms with Crippen molar-refractivity contribution in [1.82, 2.24) is 15.1 Å². The SMILES string of the molecule is O=C(CN1C(=O)C2CCCN2C(=O)c2cc(F)ccc21)NCCN1CCCCC1. The van der Waals surface area contributed by atoms with Gasteiger partial charge in [0, 0.05) is 19.6 Å². The summed E-state index contributed by atoms with van der Waals surface area (Å²) < 4.78 is 13.8. The third-order valence-electron chi connectivity index (χ3n) is 6.05. The normalized spacial score (nSPS) is 22.3. The third kappa shape index (κ3) is 4.12. The highest BCUT2D eigenvalue weighted by atomic mass is 19.1. The van der Waals surface area contributed by atoms with Gasteiger partial charge in [-0.15, -0.1) is 0 Å². The van der Waals surface area contributed by atoms with Crippen molar-refractivity contribution in [3.8, 4) is 0 Å². The maximum Gasteiger partial charge on any atom is 0.256 e. The number of anilines is 1. The Morgan fingerprint density at radius 1 is 1.10 bits per heavy atom. The summed E-state index contributed by atoms with van der Waals surface area (Å²) in [5.41, 5.74) is 0.450. The van der Waals surface area contributed by atoms with Crippen molar-refractivity contribution in [2.24, 2.45) is 0 Å². The zero-order valence-electron chi connectivity index (χ0n) is 16.5. The molecule has 0 aromatic heterocycles. The van der Waals surface area contributed by atoms with E-state index in [1.165, 1.54) is 41.2 Å². The van der Waals surface area contributed by atoms with E-state index in [9.17, 15) is 18.8 Å². The van der Waals surface area contributed by atoms with Gasteiger partial charge in [-0.25, -0.2) is 4.39 Å². The summed E-state index contributed by atoms with van der Waals surface area (Å²) in [5.74, 6) is -1.42. The Bertz CT molecular complexity index is 809. The Kier molecular flexibility index (Phi) is 5.80. The molecule has 1 atom stereocenters. The molecule has 0 saturated carbocycles. The molecule has 0 spiro atoms. The quantitative estimate of drug-likeness (QED) is 0.808. The molecule has 1 unspecified atom stereocenters. The van der Waals surface area contributed by atoms with E-state index < -0.39 is 11.9 Å². The summed E-state index contributed by atoms with van der Waals surface area (Å²) in [4.78, 5) is 43.7. The zero-order chi connectivity index (χ0) is 20.4. The summed E-state index contributed by atoms with van der Waals surface area (Å²) in [6.07, 6.45) is 4.93. The van der Waals surface area contributed by atoms with Crippen molar-refractivity contribution in [1.29, 1.82) is 0 Å². The van der Waals surface area contributed by atoms with Gasteiger partial charge in [-0.05, 0) is 57.0 Å². The fraction of sp³-hybridized carbons (Fsp3) is 0.571. The average Bonchev–Trinajstić information content (AvgIpc) is 3.19. The molecule has 2 fully saturated rings. The molecule has 29 heavy (non-hydrogen) atoms. The minimum Gasteiger partial charge on any atom is -0.353 e. The molecule has 2 saturated heterocycles. The van der Waals surface area contributed by atoms with Crippen LogP contribution in [0.25, 0.3) is 0 Å². The van der Waals surface area contributed by atoms with E-state index in [0.717, 1.165) is 32.1 Å². The Balaban J connectivity index is 1.47. The first-order chi connectivity index (χ1) is 14.0. The van der Waals surface area contributed by atoms with Crippen LogP contribution in [0.2, 0.25) is 0 Å². The van der Waals surface area contributed by atoms with Crippen molar-refractivity contribution in [2.75, 3.05) is 44.2 Å². The lowest BCUT2D eigenvalue weighted by Crippen LogP contribution is -2.48. The first-order valence-corrected chi connectivity index (χ1v) is 10.5. The summed E-state index contributed by atoms with van der Waals surface area (Å²) >= 11 is 0. The van der Waals surface area contributed by atoms with E-state index in [0.29, 0.717) is 25.2 Å². The third-order valence-corrected chi connectivity index (χ3v) is 6.05. The number of carbonyl (C=O) groups excluding carboxylic acids is 3. The van der Waals surface area contributed by atoms with Crippen LogP contribution >= 0.6 is 0 Å². The van der Waals surface area contributed by atoms with Gasteiger partial charge < -0.3 is 20.0 Å². The predicted octanol–water partition coefficient (Wildman–Crippen LogP) is 1.38. The van der Waals surface area contributed by atoms with Crippen molar-refractivity contribution < 1.29 is 18.8 Å². The number of amides is 3. The van der Waals surface area contributed by atoms with Gasteiger partial charge >= 0.3 is 0 Å². The van der Waals surface area contributed by atoms with Gasteiger partial charge in [0.2, 0.25) is 11.8 Å². The van der Waals surface area contributed by atoms with Gasteiger partial charge in [-0.2, -0.15) is 0 Å². The standard InChI is InChI=1S/C21H27FN4O3/c22-15-6-7-17-16(13-15)20(28)25-11-4-5-18(25)21(29)26(17)14-19(27)23-8-12-24-9-2-1-3-10-24/h6-7,13,18H,1-5,8-12,14H2,(H,23,27). The first-order valence-electron chi connectivity index (χ1n) is 10.5. The van der Waals surface area contributed by atoms with Crippen LogP contribution in [0.3, 0.4) is 0 Å². The van der Waals surface area contributed by atoms with Crippen molar-refractivity contribution in [2.45, 2.75) is 38.1 Å². The fourth-order valence-electron chi connectivity index (χ4n) is 4.53. The predicted molar refractivity (Wildman–Crippen MR) is 106 cm³/mol.